The lowest BCUT2D eigenvalue weighted by molar-refractivity contribution is -0.129. The highest BCUT2D eigenvalue weighted by Crippen LogP contribution is 2.79. The average molecular weight is 266 g/mol. The van der Waals surface area contributed by atoms with Gasteiger partial charge in [0.15, 0.2) is 11.6 Å². The number of rotatable bonds is 0. The van der Waals surface area contributed by atoms with Crippen LogP contribution in [0.15, 0.2) is 23.3 Å². The minimum Gasteiger partial charge on any atom is -0.294 e. The van der Waals surface area contributed by atoms with E-state index in [2.05, 4.69) is 0 Å². The van der Waals surface area contributed by atoms with Gasteiger partial charge in [0.25, 0.3) is 0 Å². The van der Waals surface area contributed by atoms with Gasteiger partial charge in [0.1, 0.15) is 0 Å². The van der Waals surface area contributed by atoms with Gasteiger partial charge in [-0.1, -0.05) is 11.1 Å². The van der Waals surface area contributed by atoms with Crippen molar-refractivity contribution in [3.05, 3.63) is 23.3 Å². The minimum absolute atomic E-state index is 0.0198. The Morgan fingerprint density at radius 1 is 0.850 bits per heavy atom. The molecule has 102 valence electrons. The van der Waals surface area contributed by atoms with E-state index in [9.17, 15) is 9.59 Å². The van der Waals surface area contributed by atoms with Crippen molar-refractivity contribution < 1.29 is 9.59 Å². The van der Waals surface area contributed by atoms with E-state index in [4.69, 9.17) is 0 Å². The highest BCUT2D eigenvalue weighted by Gasteiger charge is 2.71. The van der Waals surface area contributed by atoms with Gasteiger partial charge < -0.3 is 0 Å². The molecular weight excluding hydrogens is 248 g/mol. The van der Waals surface area contributed by atoms with Crippen molar-refractivity contribution in [1.29, 1.82) is 0 Å². The molecule has 0 heterocycles. The Morgan fingerprint density at radius 3 is 1.80 bits per heavy atom. The molecule has 6 aliphatic carbocycles. The number of ketones is 2. The maximum atomic E-state index is 12.3. The number of carbonyl (C=O) groups is 2. The second-order valence-electron chi connectivity index (χ2n) is 7.96. The molecule has 4 bridgehead atoms. The lowest BCUT2D eigenvalue weighted by Gasteiger charge is -2.35. The molecular formula is C18H18O2. The van der Waals surface area contributed by atoms with E-state index >= 15 is 0 Å². The molecule has 3 saturated carbocycles. The Morgan fingerprint density at radius 2 is 1.35 bits per heavy atom. The molecule has 1 spiro atoms. The molecule has 0 aromatic rings. The van der Waals surface area contributed by atoms with Crippen molar-refractivity contribution in [2.24, 2.45) is 40.9 Å². The first-order valence-corrected chi connectivity index (χ1v) is 8.22. The van der Waals surface area contributed by atoms with Gasteiger partial charge in [-0.25, -0.2) is 0 Å². The van der Waals surface area contributed by atoms with Gasteiger partial charge in [-0.3, -0.25) is 9.59 Å². The summed E-state index contributed by atoms with van der Waals surface area (Å²) in [5.41, 5.74) is 4.01. The highest BCUT2D eigenvalue weighted by atomic mass is 16.1. The second kappa shape index (κ2) is 2.88. The van der Waals surface area contributed by atoms with E-state index in [1.165, 1.54) is 25.7 Å². The fraction of sp³-hybridized carbons (Fsp3) is 0.667. The van der Waals surface area contributed by atoms with E-state index in [0.717, 1.165) is 18.3 Å². The minimum atomic E-state index is 0.0198. The summed E-state index contributed by atoms with van der Waals surface area (Å²) >= 11 is 0. The van der Waals surface area contributed by atoms with E-state index in [-0.39, 0.29) is 23.4 Å². The molecule has 6 aliphatic rings. The fourth-order valence-electron chi connectivity index (χ4n) is 7.12. The molecule has 2 heteroatoms. The number of hydrogen-bond acceptors (Lipinski definition) is 2. The molecule has 20 heavy (non-hydrogen) atoms. The van der Waals surface area contributed by atoms with Gasteiger partial charge in [0, 0.05) is 11.8 Å². The molecule has 0 aromatic carbocycles. The first-order chi connectivity index (χ1) is 9.72. The maximum Gasteiger partial charge on any atom is 0.160 e. The Hall–Kier alpha value is -1.18. The summed E-state index contributed by atoms with van der Waals surface area (Å²) in [4.78, 5) is 24.6. The van der Waals surface area contributed by atoms with E-state index in [1.807, 2.05) is 0 Å². The molecule has 3 fully saturated rings. The van der Waals surface area contributed by atoms with Gasteiger partial charge in [-0.2, -0.15) is 0 Å². The molecule has 6 atom stereocenters. The Kier molecular flexibility index (Phi) is 1.52. The summed E-state index contributed by atoms with van der Waals surface area (Å²) in [5, 5.41) is 0. The molecule has 0 aliphatic heterocycles. The fourth-order valence-corrected chi connectivity index (χ4v) is 7.12. The molecule has 2 nitrogen and oxygen atoms in total. The van der Waals surface area contributed by atoms with Crippen LogP contribution in [-0.4, -0.2) is 11.6 Å². The van der Waals surface area contributed by atoms with Crippen molar-refractivity contribution in [3.63, 3.8) is 0 Å². The number of carbonyl (C=O) groups excluding carboxylic acids is 2. The molecule has 0 saturated heterocycles. The van der Waals surface area contributed by atoms with Gasteiger partial charge in [0.2, 0.25) is 0 Å². The summed E-state index contributed by atoms with van der Waals surface area (Å²) in [6, 6.07) is 0. The Bertz CT molecular complexity index is 598. The van der Waals surface area contributed by atoms with Crippen LogP contribution >= 0.6 is 0 Å². The number of allylic oxidation sites excluding steroid dienone is 4. The quantitative estimate of drug-likeness (QED) is 0.632. The predicted octanol–water partition coefficient (Wildman–Crippen LogP) is 2.69. The zero-order valence-corrected chi connectivity index (χ0v) is 11.5. The number of fused-ring (bicyclic) bond motifs is 9. The van der Waals surface area contributed by atoms with E-state index in [1.54, 1.807) is 23.3 Å². The second-order valence-corrected chi connectivity index (χ2v) is 7.96. The third kappa shape index (κ3) is 0.864. The molecule has 0 N–H and O–H groups in total. The third-order valence-corrected chi connectivity index (χ3v) is 7.67. The first-order valence-electron chi connectivity index (χ1n) is 8.22. The molecule has 6 rings (SSSR count). The van der Waals surface area contributed by atoms with E-state index in [0.29, 0.717) is 17.3 Å². The lowest BCUT2D eigenvalue weighted by Crippen LogP contribution is -2.38. The zero-order chi connectivity index (χ0) is 13.2. The summed E-state index contributed by atoms with van der Waals surface area (Å²) in [6.07, 6.45) is 9.77. The monoisotopic (exact) mass is 266 g/mol. The normalized spacial score (nSPS) is 52.2. The van der Waals surface area contributed by atoms with Crippen LogP contribution in [0.3, 0.4) is 0 Å². The summed E-state index contributed by atoms with van der Waals surface area (Å²) < 4.78 is 0. The summed E-state index contributed by atoms with van der Waals surface area (Å²) in [5.74, 6) is 2.99. The first kappa shape index (κ1) is 10.5. The zero-order valence-electron chi connectivity index (χ0n) is 11.5. The molecule has 0 aromatic heterocycles. The van der Waals surface area contributed by atoms with Crippen molar-refractivity contribution in [3.8, 4) is 0 Å². The molecule has 0 radical (unpaired) electrons. The van der Waals surface area contributed by atoms with Crippen molar-refractivity contribution in [1.82, 2.24) is 0 Å². The SMILES string of the molecule is O=C1C=CC(=O)C2C3CC(C4=C3C3CCC4C34CC4)C12. The van der Waals surface area contributed by atoms with Gasteiger partial charge in [0.05, 0.1) is 0 Å². The van der Waals surface area contributed by atoms with Crippen molar-refractivity contribution in [2.75, 3.05) is 0 Å². The van der Waals surface area contributed by atoms with Crippen LogP contribution in [0, 0.1) is 40.9 Å². The van der Waals surface area contributed by atoms with Gasteiger partial charge in [-0.05, 0) is 73.3 Å². The van der Waals surface area contributed by atoms with Crippen LogP contribution in [0.4, 0.5) is 0 Å². The topological polar surface area (TPSA) is 34.1 Å². The maximum absolute atomic E-state index is 12.3. The van der Waals surface area contributed by atoms with Gasteiger partial charge in [-0.15, -0.1) is 0 Å². The summed E-state index contributed by atoms with van der Waals surface area (Å²) in [6.45, 7) is 0. The van der Waals surface area contributed by atoms with Crippen LogP contribution < -0.4 is 0 Å². The largest absolute Gasteiger partial charge is 0.294 e. The van der Waals surface area contributed by atoms with Crippen LogP contribution in [0.2, 0.25) is 0 Å². The Balaban J connectivity index is 1.54. The Labute approximate surface area is 118 Å². The average Bonchev–Trinajstić information content (AvgIpc) is 2.77. The van der Waals surface area contributed by atoms with Gasteiger partial charge >= 0.3 is 0 Å². The number of hydrogen-bond donors (Lipinski definition) is 0. The molecule has 6 unspecified atom stereocenters. The standard InChI is InChI=1S/C18H18O2/c19-12-3-4-13(20)17-9-7-8(16(12)17)14-10-1-2-11(15(9)14)18(10)5-6-18/h3-4,8-11,16-17H,1-2,5-7H2. The van der Waals surface area contributed by atoms with Crippen LogP contribution in [0.5, 0.6) is 0 Å². The predicted molar refractivity (Wildman–Crippen MR) is 72.6 cm³/mol. The smallest absolute Gasteiger partial charge is 0.160 e. The molecule has 0 amide bonds. The third-order valence-electron chi connectivity index (χ3n) is 7.67. The van der Waals surface area contributed by atoms with Crippen LogP contribution in [-0.2, 0) is 9.59 Å². The summed E-state index contributed by atoms with van der Waals surface area (Å²) in [7, 11) is 0. The van der Waals surface area contributed by atoms with Crippen molar-refractivity contribution >= 4 is 11.6 Å². The lowest BCUT2D eigenvalue weighted by atomic mass is 9.67. The van der Waals surface area contributed by atoms with E-state index < -0.39 is 0 Å². The highest BCUT2D eigenvalue weighted by molar-refractivity contribution is 6.08. The van der Waals surface area contributed by atoms with Crippen LogP contribution in [0.1, 0.15) is 32.1 Å². The van der Waals surface area contributed by atoms with Crippen molar-refractivity contribution in [2.45, 2.75) is 32.1 Å². The van der Waals surface area contributed by atoms with Crippen LogP contribution in [0.25, 0.3) is 0 Å².